The van der Waals surface area contributed by atoms with Crippen LogP contribution in [-0.4, -0.2) is 54.8 Å². The van der Waals surface area contributed by atoms with Crippen LogP contribution in [0.5, 0.6) is 0 Å². The molecule has 1 amide bonds. The van der Waals surface area contributed by atoms with E-state index in [4.69, 9.17) is 0 Å². The van der Waals surface area contributed by atoms with Gasteiger partial charge in [0.1, 0.15) is 0 Å². The molecule has 0 unspecified atom stereocenters. The van der Waals surface area contributed by atoms with Gasteiger partial charge in [-0.15, -0.1) is 0 Å². The highest BCUT2D eigenvalue weighted by Gasteiger charge is 2.29. The summed E-state index contributed by atoms with van der Waals surface area (Å²) in [6.45, 7) is 3.68. The third-order valence-corrected chi connectivity index (χ3v) is 6.09. The smallest absolute Gasteiger partial charge is 0.243 e. The molecule has 1 aromatic heterocycles. The highest BCUT2D eigenvalue weighted by atomic mass is 32.2. The van der Waals surface area contributed by atoms with Gasteiger partial charge in [-0.05, 0) is 23.8 Å². The number of sulfonamides is 1. The molecule has 1 saturated heterocycles. The van der Waals surface area contributed by atoms with E-state index >= 15 is 0 Å². The average molecular weight is 375 g/mol. The fraction of sp³-hybridized carbons (Fsp3) is 0.353. The number of piperazine rings is 1. The predicted molar refractivity (Wildman–Crippen MR) is 97.0 cm³/mol. The van der Waals surface area contributed by atoms with Gasteiger partial charge in [-0.3, -0.25) is 4.79 Å². The van der Waals surface area contributed by atoms with Gasteiger partial charge < -0.3 is 10.2 Å². The number of rotatable bonds is 5. The molecule has 2 heterocycles. The van der Waals surface area contributed by atoms with Crippen LogP contribution in [0, 0.1) is 0 Å². The maximum Gasteiger partial charge on any atom is 0.243 e. The Morgan fingerprint density at radius 1 is 1.08 bits per heavy atom. The molecular weight excluding hydrogens is 354 g/mol. The molecule has 2 aromatic rings. The molecule has 138 valence electrons. The van der Waals surface area contributed by atoms with Crippen molar-refractivity contribution in [1.29, 1.82) is 0 Å². The van der Waals surface area contributed by atoms with Crippen LogP contribution in [0.25, 0.3) is 0 Å². The Bertz CT molecular complexity index is 848. The van der Waals surface area contributed by atoms with E-state index in [-0.39, 0.29) is 10.8 Å². The maximum atomic E-state index is 12.8. The Kier molecular flexibility index (Phi) is 5.48. The van der Waals surface area contributed by atoms with Crippen molar-refractivity contribution in [1.82, 2.24) is 19.6 Å². The van der Waals surface area contributed by atoms with E-state index < -0.39 is 10.0 Å². The van der Waals surface area contributed by atoms with Crippen molar-refractivity contribution < 1.29 is 13.2 Å². The van der Waals surface area contributed by atoms with E-state index in [1.165, 1.54) is 11.2 Å². The van der Waals surface area contributed by atoms with E-state index in [9.17, 15) is 13.2 Å². The molecule has 26 heavy (non-hydrogen) atoms. The monoisotopic (exact) mass is 375 g/mol. The number of carbonyl (C=O) groups excluding carboxylic acids is 1. The molecule has 9 heteroatoms. The first kappa shape index (κ1) is 18.3. The van der Waals surface area contributed by atoms with Gasteiger partial charge in [0, 0.05) is 52.0 Å². The lowest BCUT2D eigenvalue weighted by atomic mass is 10.2. The summed E-state index contributed by atoms with van der Waals surface area (Å²) in [7, 11) is -3.54. The molecule has 1 aliphatic rings. The third kappa shape index (κ3) is 4.17. The topological polar surface area (TPSA) is 95.5 Å². The van der Waals surface area contributed by atoms with Gasteiger partial charge in [0.05, 0.1) is 4.90 Å². The van der Waals surface area contributed by atoms with Crippen LogP contribution in [0.15, 0.2) is 47.6 Å². The van der Waals surface area contributed by atoms with E-state index in [0.717, 1.165) is 5.56 Å². The van der Waals surface area contributed by atoms with E-state index in [0.29, 0.717) is 38.7 Å². The summed E-state index contributed by atoms with van der Waals surface area (Å²) >= 11 is 0. The summed E-state index contributed by atoms with van der Waals surface area (Å²) in [5, 5.41) is 2.69. The summed E-state index contributed by atoms with van der Waals surface area (Å²) < 4.78 is 27.1. The lowest BCUT2D eigenvalue weighted by molar-refractivity contribution is -0.119. The molecule has 1 aliphatic heterocycles. The van der Waals surface area contributed by atoms with E-state index in [2.05, 4.69) is 15.3 Å². The van der Waals surface area contributed by atoms with Crippen molar-refractivity contribution in [3.8, 4) is 0 Å². The summed E-state index contributed by atoms with van der Waals surface area (Å²) in [6, 6.07) is 8.35. The Balaban J connectivity index is 1.64. The number of hydrogen-bond acceptors (Lipinski definition) is 6. The molecule has 1 fully saturated rings. The largest absolute Gasteiger partial charge is 0.352 e. The Labute approximate surface area is 152 Å². The molecule has 0 atom stereocenters. The van der Waals surface area contributed by atoms with Gasteiger partial charge in [-0.25, -0.2) is 18.4 Å². The maximum absolute atomic E-state index is 12.8. The van der Waals surface area contributed by atoms with Crippen molar-refractivity contribution in [2.24, 2.45) is 0 Å². The van der Waals surface area contributed by atoms with Crippen LogP contribution >= 0.6 is 0 Å². The molecule has 0 radical (unpaired) electrons. The Morgan fingerprint density at radius 3 is 2.27 bits per heavy atom. The first-order valence-corrected chi connectivity index (χ1v) is 9.76. The number of nitrogens with one attached hydrogen (secondary N) is 1. The molecule has 0 bridgehead atoms. The van der Waals surface area contributed by atoms with Crippen molar-refractivity contribution >= 4 is 21.9 Å². The second-order valence-corrected chi connectivity index (χ2v) is 7.93. The third-order valence-electron chi connectivity index (χ3n) is 4.18. The zero-order valence-electron chi connectivity index (χ0n) is 14.5. The van der Waals surface area contributed by atoms with Crippen molar-refractivity contribution in [2.75, 3.05) is 31.1 Å². The van der Waals surface area contributed by atoms with Gasteiger partial charge in [0.2, 0.25) is 21.9 Å². The SMILES string of the molecule is CC(=O)NCc1ccc(S(=O)(=O)N2CCN(c3ncccn3)CC2)cc1. The zero-order chi connectivity index (χ0) is 18.6. The number of benzene rings is 1. The van der Waals surface area contributed by atoms with Gasteiger partial charge in [0.15, 0.2) is 0 Å². The second kappa shape index (κ2) is 7.79. The highest BCUT2D eigenvalue weighted by Crippen LogP contribution is 2.19. The normalized spacial score (nSPS) is 15.7. The van der Waals surface area contributed by atoms with Crippen LogP contribution in [-0.2, 0) is 21.4 Å². The predicted octanol–water partition coefficient (Wildman–Crippen LogP) is 0.624. The minimum Gasteiger partial charge on any atom is -0.352 e. The lowest BCUT2D eigenvalue weighted by Crippen LogP contribution is -2.49. The van der Waals surface area contributed by atoms with Crippen LogP contribution in [0.1, 0.15) is 12.5 Å². The van der Waals surface area contributed by atoms with E-state index in [1.807, 2.05) is 4.90 Å². The minimum absolute atomic E-state index is 0.123. The summed E-state index contributed by atoms with van der Waals surface area (Å²) in [6.07, 6.45) is 3.35. The number of carbonyl (C=O) groups is 1. The lowest BCUT2D eigenvalue weighted by Gasteiger charge is -2.33. The first-order valence-electron chi connectivity index (χ1n) is 8.32. The van der Waals surface area contributed by atoms with Crippen LogP contribution in [0.4, 0.5) is 5.95 Å². The van der Waals surface area contributed by atoms with E-state index in [1.54, 1.807) is 42.7 Å². The number of anilines is 1. The summed E-state index contributed by atoms with van der Waals surface area (Å²) in [5.74, 6) is 0.494. The Hall–Kier alpha value is -2.52. The molecular formula is C17H21N5O3S. The molecule has 1 N–H and O–H groups in total. The number of aromatic nitrogens is 2. The fourth-order valence-corrected chi connectivity index (χ4v) is 4.16. The number of hydrogen-bond donors (Lipinski definition) is 1. The van der Waals surface area contributed by atoms with Crippen molar-refractivity contribution in [3.63, 3.8) is 0 Å². The zero-order valence-corrected chi connectivity index (χ0v) is 15.3. The summed E-state index contributed by atoms with van der Waals surface area (Å²) in [5.41, 5.74) is 0.852. The summed E-state index contributed by atoms with van der Waals surface area (Å²) in [4.78, 5) is 21.6. The number of amides is 1. The molecule has 0 aliphatic carbocycles. The van der Waals surface area contributed by atoms with Gasteiger partial charge in [-0.1, -0.05) is 12.1 Å². The van der Waals surface area contributed by atoms with Gasteiger partial charge >= 0.3 is 0 Å². The van der Waals surface area contributed by atoms with Crippen molar-refractivity contribution in [2.45, 2.75) is 18.4 Å². The Morgan fingerprint density at radius 2 is 1.69 bits per heavy atom. The second-order valence-electron chi connectivity index (χ2n) is 5.99. The molecule has 1 aromatic carbocycles. The quantitative estimate of drug-likeness (QED) is 0.823. The molecule has 8 nitrogen and oxygen atoms in total. The van der Waals surface area contributed by atoms with Crippen molar-refractivity contribution in [3.05, 3.63) is 48.3 Å². The fourth-order valence-electron chi connectivity index (χ4n) is 2.74. The van der Waals surface area contributed by atoms with Crippen LogP contribution in [0.2, 0.25) is 0 Å². The molecule has 0 saturated carbocycles. The van der Waals surface area contributed by atoms with Gasteiger partial charge in [0.25, 0.3) is 0 Å². The minimum atomic E-state index is -3.54. The van der Waals surface area contributed by atoms with Crippen LogP contribution < -0.4 is 10.2 Å². The highest BCUT2D eigenvalue weighted by molar-refractivity contribution is 7.89. The molecule has 0 spiro atoms. The van der Waals surface area contributed by atoms with Gasteiger partial charge in [-0.2, -0.15) is 4.31 Å². The van der Waals surface area contributed by atoms with Crippen LogP contribution in [0.3, 0.4) is 0 Å². The average Bonchev–Trinajstić information content (AvgIpc) is 2.67. The standard InChI is InChI=1S/C17H21N5O3S/c1-14(23)20-13-15-3-5-16(6-4-15)26(24,25)22-11-9-21(10-12-22)17-18-7-2-8-19-17/h2-8H,9-13H2,1H3,(H,20,23). The number of nitrogens with zero attached hydrogens (tertiary/aromatic N) is 4. The first-order chi connectivity index (χ1) is 12.5. The molecule has 3 rings (SSSR count).